The van der Waals surface area contributed by atoms with Crippen LogP contribution in [0.15, 0.2) is 22.8 Å². The van der Waals surface area contributed by atoms with Gasteiger partial charge in [-0.3, -0.25) is 4.79 Å². The van der Waals surface area contributed by atoms with Crippen LogP contribution in [0.25, 0.3) is 0 Å². The molecular weight excluding hydrogens is 213 g/mol. The van der Waals surface area contributed by atoms with E-state index in [1.807, 2.05) is 0 Å². The topological polar surface area (TPSA) is 62.5 Å². The molecule has 0 aromatic carbocycles. The number of nitrogens with one attached hydrogen (secondary N) is 1. The molecule has 0 fully saturated rings. The molecule has 1 amide bonds. The van der Waals surface area contributed by atoms with Crippen LogP contribution in [0.5, 0.6) is 0 Å². The van der Waals surface area contributed by atoms with Gasteiger partial charge in [0.2, 0.25) is 0 Å². The summed E-state index contributed by atoms with van der Waals surface area (Å²) >= 11 is 0. The number of amides is 1. The summed E-state index contributed by atoms with van der Waals surface area (Å²) < 4.78 is 18.2. The van der Waals surface area contributed by atoms with Crippen molar-refractivity contribution in [2.45, 2.75) is 32.0 Å². The van der Waals surface area contributed by atoms with E-state index in [9.17, 15) is 14.3 Å². The number of halogens is 1. The van der Waals surface area contributed by atoms with Crippen molar-refractivity contribution in [1.82, 2.24) is 5.32 Å². The molecule has 1 atom stereocenters. The molecule has 0 saturated heterocycles. The van der Waals surface area contributed by atoms with Gasteiger partial charge in [0.15, 0.2) is 5.67 Å². The Morgan fingerprint density at radius 3 is 2.62 bits per heavy atom. The van der Waals surface area contributed by atoms with Crippen LogP contribution in [-0.4, -0.2) is 23.2 Å². The number of carbonyl (C=O) groups is 1. The molecule has 1 aromatic heterocycles. The standard InChI is InChI=1S/C11H16FNO3/c1-10(2,12)9(14)13-7-11(3,15)8-5-4-6-16-8/h4-6,15H,7H2,1-3H3,(H,13,14). The van der Waals surface area contributed by atoms with E-state index >= 15 is 0 Å². The first-order chi connectivity index (χ1) is 7.23. The Morgan fingerprint density at radius 2 is 2.19 bits per heavy atom. The van der Waals surface area contributed by atoms with Crippen LogP contribution in [0, 0.1) is 0 Å². The highest BCUT2D eigenvalue weighted by Crippen LogP contribution is 2.20. The third-order valence-corrected chi connectivity index (χ3v) is 2.19. The predicted octanol–water partition coefficient (Wildman–Crippen LogP) is 1.35. The van der Waals surface area contributed by atoms with Gasteiger partial charge in [-0.25, -0.2) is 4.39 Å². The molecule has 90 valence electrons. The molecule has 1 unspecified atom stereocenters. The van der Waals surface area contributed by atoms with Gasteiger partial charge in [-0.05, 0) is 32.9 Å². The summed E-state index contributed by atoms with van der Waals surface area (Å²) in [6.45, 7) is 3.69. The molecule has 0 aliphatic rings. The number of hydrogen-bond acceptors (Lipinski definition) is 3. The van der Waals surface area contributed by atoms with E-state index in [0.717, 1.165) is 13.8 Å². The zero-order chi connectivity index (χ0) is 12.4. The minimum Gasteiger partial charge on any atom is -0.466 e. The summed E-state index contributed by atoms with van der Waals surface area (Å²) in [4.78, 5) is 11.3. The number of carbonyl (C=O) groups excluding carboxylic acids is 1. The monoisotopic (exact) mass is 229 g/mol. The molecule has 0 saturated carbocycles. The third kappa shape index (κ3) is 3.06. The molecule has 1 rings (SSSR count). The van der Waals surface area contributed by atoms with E-state index in [-0.39, 0.29) is 6.54 Å². The number of furan rings is 1. The van der Waals surface area contributed by atoms with Crippen molar-refractivity contribution in [3.05, 3.63) is 24.2 Å². The number of hydrogen-bond donors (Lipinski definition) is 2. The lowest BCUT2D eigenvalue weighted by molar-refractivity contribution is -0.132. The molecule has 4 nitrogen and oxygen atoms in total. The van der Waals surface area contributed by atoms with Crippen molar-refractivity contribution in [2.75, 3.05) is 6.54 Å². The molecular formula is C11H16FNO3. The van der Waals surface area contributed by atoms with Crippen molar-refractivity contribution in [1.29, 1.82) is 0 Å². The van der Waals surface area contributed by atoms with Crippen LogP contribution in [0.2, 0.25) is 0 Å². The molecule has 0 aliphatic carbocycles. The van der Waals surface area contributed by atoms with Crippen LogP contribution in [0.4, 0.5) is 4.39 Å². The van der Waals surface area contributed by atoms with Crippen molar-refractivity contribution in [3.63, 3.8) is 0 Å². The molecule has 1 aromatic rings. The molecule has 0 spiro atoms. The van der Waals surface area contributed by atoms with Gasteiger partial charge >= 0.3 is 0 Å². The maximum absolute atomic E-state index is 13.2. The maximum atomic E-state index is 13.2. The Bertz CT molecular complexity index is 352. The minimum atomic E-state index is -1.96. The fourth-order valence-corrected chi connectivity index (χ4v) is 1.13. The lowest BCUT2D eigenvalue weighted by Gasteiger charge is -2.23. The molecule has 0 aliphatic heterocycles. The normalized spacial score (nSPS) is 15.6. The lowest BCUT2D eigenvalue weighted by atomic mass is 10.0. The Labute approximate surface area is 93.5 Å². The van der Waals surface area contributed by atoms with E-state index in [1.54, 1.807) is 12.1 Å². The van der Waals surface area contributed by atoms with Crippen LogP contribution in [0.1, 0.15) is 26.5 Å². The van der Waals surface area contributed by atoms with E-state index in [4.69, 9.17) is 4.42 Å². The SMILES string of the molecule is CC(C)(F)C(=O)NCC(C)(O)c1ccco1. The summed E-state index contributed by atoms with van der Waals surface area (Å²) in [7, 11) is 0. The van der Waals surface area contributed by atoms with Crippen molar-refractivity contribution < 1.29 is 18.7 Å². The quantitative estimate of drug-likeness (QED) is 0.819. The highest BCUT2D eigenvalue weighted by Gasteiger charge is 2.31. The largest absolute Gasteiger partial charge is 0.466 e. The zero-order valence-corrected chi connectivity index (χ0v) is 9.58. The minimum absolute atomic E-state index is 0.104. The predicted molar refractivity (Wildman–Crippen MR) is 56.5 cm³/mol. The second kappa shape index (κ2) is 4.25. The highest BCUT2D eigenvalue weighted by molar-refractivity contribution is 5.84. The van der Waals surface area contributed by atoms with Crippen molar-refractivity contribution in [3.8, 4) is 0 Å². The van der Waals surface area contributed by atoms with Gasteiger partial charge in [0.25, 0.3) is 5.91 Å². The van der Waals surface area contributed by atoms with Crippen LogP contribution in [0.3, 0.4) is 0 Å². The fourth-order valence-electron chi connectivity index (χ4n) is 1.13. The highest BCUT2D eigenvalue weighted by atomic mass is 19.1. The van der Waals surface area contributed by atoms with E-state index < -0.39 is 17.2 Å². The van der Waals surface area contributed by atoms with E-state index in [1.165, 1.54) is 13.2 Å². The van der Waals surface area contributed by atoms with Gasteiger partial charge in [0.1, 0.15) is 11.4 Å². The first-order valence-electron chi connectivity index (χ1n) is 4.97. The lowest BCUT2D eigenvalue weighted by Crippen LogP contribution is -2.45. The Kier molecular flexibility index (Phi) is 3.38. The molecule has 5 heteroatoms. The first kappa shape index (κ1) is 12.7. The van der Waals surface area contributed by atoms with Gasteiger partial charge in [0.05, 0.1) is 12.8 Å². The summed E-state index contributed by atoms with van der Waals surface area (Å²) in [6, 6.07) is 3.22. The van der Waals surface area contributed by atoms with Crippen LogP contribution < -0.4 is 5.32 Å². The van der Waals surface area contributed by atoms with Gasteiger partial charge in [0, 0.05) is 0 Å². The van der Waals surface area contributed by atoms with Gasteiger partial charge < -0.3 is 14.8 Å². The third-order valence-electron chi connectivity index (χ3n) is 2.19. The first-order valence-corrected chi connectivity index (χ1v) is 4.97. The summed E-state index contributed by atoms with van der Waals surface area (Å²) in [6.07, 6.45) is 1.42. The van der Waals surface area contributed by atoms with E-state index in [0.29, 0.717) is 5.76 Å². The molecule has 0 bridgehead atoms. The average Bonchev–Trinajstić information content (AvgIpc) is 2.65. The van der Waals surface area contributed by atoms with Gasteiger partial charge in [-0.1, -0.05) is 0 Å². The second-order valence-electron chi connectivity index (χ2n) is 4.41. The Hall–Kier alpha value is -1.36. The Balaban J connectivity index is 2.59. The zero-order valence-electron chi connectivity index (χ0n) is 9.58. The molecule has 1 heterocycles. The van der Waals surface area contributed by atoms with Crippen LogP contribution in [-0.2, 0) is 10.4 Å². The fraction of sp³-hybridized carbons (Fsp3) is 0.545. The Morgan fingerprint density at radius 1 is 1.56 bits per heavy atom. The molecule has 16 heavy (non-hydrogen) atoms. The average molecular weight is 229 g/mol. The maximum Gasteiger partial charge on any atom is 0.257 e. The number of rotatable bonds is 4. The number of alkyl halides is 1. The summed E-state index contributed by atoms with van der Waals surface area (Å²) in [5.74, 6) is -0.441. The second-order valence-corrected chi connectivity index (χ2v) is 4.41. The van der Waals surface area contributed by atoms with E-state index in [2.05, 4.69) is 5.32 Å². The van der Waals surface area contributed by atoms with Crippen molar-refractivity contribution in [2.24, 2.45) is 0 Å². The van der Waals surface area contributed by atoms with Gasteiger partial charge in [-0.15, -0.1) is 0 Å². The molecule has 2 N–H and O–H groups in total. The molecule has 0 radical (unpaired) electrons. The summed E-state index contributed by atoms with van der Waals surface area (Å²) in [5.41, 5.74) is -3.30. The van der Waals surface area contributed by atoms with Crippen molar-refractivity contribution >= 4 is 5.91 Å². The summed E-state index contributed by atoms with van der Waals surface area (Å²) in [5, 5.41) is 12.3. The number of aliphatic hydroxyl groups is 1. The van der Waals surface area contributed by atoms with Crippen LogP contribution >= 0.6 is 0 Å². The smallest absolute Gasteiger partial charge is 0.257 e. The van der Waals surface area contributed by atoms with Gasteiger partial charge in [-0.2, -0.15) is 0 Å².